The average molecular weight is 259 g/mol. The normalized spacial score (nSPS) is 19.4. The van der Waals surface area contributed by atoms with E-state index in [0.29, 0.717) is 12.1 Å². The Morgan fingerprint density at radius 3 is 2.74 bits per heavy atom. The van der Waals surface area contributed by atoms with E-state index < -0.39 is 0 Å². The van der Waals surface area contributed by atoms with Gasteiger partial charge in [-0.2, -0.15) is 0 Å². The molecule has 3 rings (SSSR count). The third kappa shape index (κ3) is 2.88. The van der Waals surface area contributed by atoms with E-state index in [1.807, 2.05) is 6.07 Å². The maximum atomic E-state index is 12.0. The minimum atomic E-state index is 0.0333. The molecule has 0 spiro atoms. The number of rotatable bonds is 4. The number of nitrogens with one attached hydrogen (secondary N) is 1. The largest absolute Gasteiger partial charge is 0.357 e. The van der Waals surface area contributed by atoms with Crippen LogP contribution in [0.5, 0.6) is 0 Å². The highest BCUT2D eigenvalue weighted by Crippen LogP contribution is 2.26. The second kappa shape index (κ2) is 5.19. The van der Waals surface area contributed by atoms with Crippen molar-refractivity contribution in [1.29, 1.82) is 0 Å². The van der Waals surface area contributed by atoms with Gasteiger partial charge in [0.05, 0.1) is 0 Å². The molecule has 19 heavy (non-hydrogen) atoms. The van der Waals surface area contributed by atoms with Crippen molar-refractivity contribution in [1.82, 2.24) is 10.3 Å². The summed E-state index contributed by atoms with van der Waals surface area (Å²) in [6.45, 7) is 0. The molecule has 4 nitrogen and oxygen atoms in total. The van der Waals surface area contributed by atoms with Gasteiger partial charge in [-0.05, 0) is 37.8 Å². The Labute approximate surface area is 114 Å². The molecule has 0 aliphatic heterocycles. The molecule has 0 radical (unpaired) electrons. The first-order valence-corrected chi connectivity index (χ1v) is 7.24. The van der Waals surface area contributed by atoms with Crippen molar-refractivity contribution in [3.8, 4) is 0 Å². The third-order valence-corrected chi connectivity index (χ3v) is 4.15. The summed E-state index contributed by atoms with van der Waals surface area (Å²) in [5.74, 6) is 0.946. The van der Waals surface area contributed by atoms with Gasteiger partial charge in [0.25, 0.3) is 5.91 Å². The van der Waals surface area contributed by atoms with Gasteiger partial charge in [0, 0.05) is 30.9 Å². The SMILES string of the molecule is CN(c1cc(C(=O)NC2CC2)ccn1)C1CCCC1. The number of aromatic nitrogens is 1. The monoisotopic (exact) mass is 259 g/mol. The van der Waals surface area contributed by atoms with E-state index >= 15 is 0 Å². The number of hydrogen-bond acceptors (Lipinski definition) is 3. The first kappa shape index (κ1) is 12.5. The van der Waals surface area contributed by atoms with Crippen LogP contribution in [0.1, 0.15) is 48.9 Å². The first-order valence-electron chi connectivity index (χ1n) is 7.24. The maximum Gasteiger partial charge on any atom is 0.251 e. The van der Waals surface area contributed by atoms with E-state index in [0.717, 1.165) is 24.2 Å². The molecular formula is C15H21N3O. The van der Waals surface area contributed by atoms with Crippen molar-refractivity contribution in [3.05, 3.63) is 23.9 Å². The molecular weight excluding hydrogens is 238 g/mol. The van der Waals surface area contributed by atoms with Crippen LogP contribution in [-0.2, 0) is 0 Å². The van der Waals surface area contributed by atoms with Crippen molar-refractivity contribution in [2.75, 3.05) is 11.9 Å². The van der Waals surface area contributed by atoms with Gasteiger partial charge in [-0.1, -0.05) is 12.8 Å². The quantitative estimate of drug-likeness (QED) is 0.902. The zero-order valence-corrected chi connectivity index (χ0v) is 11.4. The number of carbonyl (C=O) groups is 1. The van der Waals surface area contributed by atoms with E-state index in [1.165, 1.54) is 25.7 Å². The van der Waals surface area contributed by atoms with Crippen LogP contribution in [0.25, 0.3) is 0 Å². The van der Waals surface area contributed by atoms with Crippen LogP contribution in [0.4, 0.5) is 5.82 Å². The number of amides is 1. The summed E-state index contributed by atoms with van der Waals surface area (Å²) in [6, 6.07) is 4.69. The van der Waals surface area contributed by atoms with E-state index in [4.69, 9.17) is 0 Å². The van der Waals surface area contributed by atoms with Gasteiger partial charge in [0.15, 0.2) is 0 Å². The Morgan fingerprint density at radius 1 is 1.32 bits per heavy atom. The predicted molar refractivity (Wildman–Crippen MR) is 75.4 cm³/mol. The first-order chi connectivity index (χ1) is 9.24. The van der Waals surface area contributed by atoms with E-state index in [9.17, 15) is 4.79 Å². The summed E-state index contributed by atoms with van der Waals surface area (Å²) in [5, 5.41) is 3.02. The molecule has 2 fully saturated rings. The number of pyridine rings is 1. The van der Waals surface area contributed by atoms with Crippen LogP contribution < -0.4 is 10.2 Å². The Hall–Kier alpha value is -1.58. The minimum absolute atomic E-state index is 0.0333. The number of carbonyl (C=O) groups excluding carboxylic acids is 1. The van der Waals surface area contributed by atoms with Gasteiger partial charge in [0.2, 0.25) is 0 Å². The fourth-order valence-corrected chi connectivity index (χ4v) is 2.73. The molecule has 102 valence electrons. The molecule has 1 aromatic heterocycles. The number of hydrogen-bond donors (Lipinski definition) is 1. The topological polar surface area (TPSA) is 45.2 Å². The lowest BCUT2D eigenvalue weighted by molar-refractivity contribution is 0.0951. The molecule has 0 unspecified atom stereocenters. The molecule has 0 atom stereocenters. The molecule has 4 heteroatoms. The summed E-state index contributed by atoms with van der Waals surface area (Å²) >= 11 is 0. The Morgan fingerprint density at radius 2 is 2.05 bits per heavy atom. The summed E-state index contributed by atoms with van der Waals surface area (Å²) in [7, 11) is 2.08. The van der Waals surface area contributed by atoms with Gasteiger partial charge in [-0.25, -0.2) is 4.98 Å². The van der Waals surface area contributed by atoms with Gasteiger partial charge < -0.3 is 10.2 Å². The molecule has 1 N–H and O–H groups in total. The second-order valence-electron chi connectivity index (χ2n) is 5.70. The fraction of sp³-hybridized carbons (Fsp3) is 0.600. The molecule has 2 saturated carbocycles. The van der Waals surface area contributed by atoms with Crippen molar-refractivity contribution in [3.63, 3.8) is 0 Å². The average Bonchev–Trinajstić information content (AvgIpc) is 3.08. The molecule has 2 aliphatic rings. The summed E-state index contributed by atoms with van der Waals surface area (Å²) in [5.41, 5.74) is 0.724. The van der Waals surface area contributed by atoms with Gasteiger partial charge >= 0.3 is 0 Å². The minimum Gasteiger partial charge on any atom is -0.357 e. The molecule has 1 amide bonds. The zero-order chi connectivity index (χ0) is 13.2. The third-order valence-electron chi connectivity index (χ3n) is 4.15. The standard InChI is InChI=1S/C15H21N3O/c1-18(13-4-2-3-5-13)14-10-11(8-9-16-14)15(19)17-12-6-7-12/h8-10,12-13H,2-7H2,1H3,(H,17,19). The lowest BCUT2D eigenvalue weighted by Gasteiger charge is -2.25. The smallest absolute Gasteiger partial charge is 0.251 e. The summed E-state index contributed by atoms with van der Waals surface area (Å²) < 4.78 is 0. The van der Waals surface area contributed by atoms with Gasteiger partial charge in [0.1, 0.15) is 5.82 Å². The molecule has 1 heterocycles. The van der Waals surface area contributed by atoms with E-state index in [1.54, 1.807) is 12.3 Å². The fourth-order valence-electron chi connectivity index (χ4n) is 2.73. The number of anilines is 1. The van der Waals surface area contributed by atoms with Crippen LogP contribution >= 0.6 is 0 Å². The molecule has 0 saturated heterocycles. The second-order valence-corrected chi connectivity index (χ2v) is 5.70. The molecule has 1 aromatic rings. The van der Waals surface area contributed by atoms with E-state index in [-0.39, 0.29) is 5.91 Å². The predicted octanol–water partition coefficient (Wildman–Crippen LogP) is 2.35. The summed E-state index contributed by atoms with van der Waals surface area (Å²) in [6.07, 6.45) is 9.04. The lowest BCUT2D eigenvalue weighted by atomic mass is 10.2. The van der Waals surface area contributed by atoms with Crippen LogP contribution in [0.15, 0.2) is 18.3 Å². The maximum absolute atomic E-state index is 12.0. The van der Waals surface area contributed by atoms with Crippen LogP contribution in [0, 0.1) is 0 Å². The van der Waals surface area contributed by atoms with Crippen LogP contribution in [-0.4, -0.2) is 30.0 Å². The molecule has 2 aliphatic carbocycles. The lowest BCUT2D eigenvalue weighted by Crippen LogP contribution is -2.30. The van der Waals surface area contributed by atoms with Crippen molar-refractivity contribution < 1.29 is 4.79 Å². The van der Waals surface area contributed by atoms with Crippen molar-refractivity contribution >= 4 is 11.7 Å². The highest BCUT2D eigenvalue weighted by atomic mass is 16.1. The highest BCUT2D eigenvalue weighted by molar-refractivity contribution is 5.95. The van der Waals surface area contributed by atoms with Crippen LogP contribution in [0.2, 0.25) is 0 Å². The molecule has 0 aromatic carbocycles. The van der Waals surface area contributed by atoms with Gasteiger partial charge in [-0.15, -0.1) is 0 Å². The highest BCUT2D eigenvalue weighted by Gasteiger charge is 2.25. The Kier molecular flexibility index (Phi) is 3.40. The van der Waals surface area contributed by atoms with Crippen LogP contribution in [0.3, 0.4) is 0 Å². The van der Waals surface area contributed by atoms with Gasteiger partial charge in [-0.3, -0.25) is 4.79 Å². The summed E-state index contributed by atoms with van der Waals surface area (Å²) in [4.78, 5) is 18.7. The molecule has 0 bridgehead atoms. The van der Waals surface area contributed by atoms with Crippen molar-refractivity contribution in [2.24, 2.45) is 0 Å². The zero-order valence-electron chi connectivity index (χ0n) is 11.4. The van der Waals surface area contributed by atoms with E-state index in [2.05, 4.69) is 22.2 Å². The Balaban J connectivity index is 1.72. The number of nitrogens with zero attached hydrogens (tertiary/aromatic N) is 2. The van der Waals surface area contributed by atoms with Crippen molar-refractivity contribution in [2.45, 2.75) is 50.6 Å². The Bertz CT molecular complexity index is 464.